The highest BCUT2D eigenvalue weighted by Crippen LogP contribution is 2.15. The maximum absolute atomic E-state index is 11.9. The molecular formula is C14H22N2O2. The van der Waals surface area contributed by atoms with E-state index in [-0.39, 0.29) is 5.91 Å². The number of amides is 1. The molecule has 1 aliphatic heterocycles. The van der Waals surface area contributed by atoms with Crippen LogP contribution < -0.4 is 10.6 Å². The smallest absolute Gasteiger partial charge is 0.287 e. The van der Waals surface area contributed by atoms with Crippen LogP contribution in [0.4, 0.5) is 0 Å². The molecule has 1 aromatic heterocycles. The van der Waals surface area contributed by atoms with Crippen molar-refractivity contribution in [2.45, 2.75) is 33.1 Å². The van der Waals surface area contributed by atoms with Crippen molar-refractivity contribution in [3.8, 4) is 0 Å². The van der Waals surface area contributed by atoms with E-state index in [1.54, 1.807) is 0 Å². The average molecular weight is 250 g/mol. The van der Waals surface area contributed by atoms with Gasteiger partial charge in [0.05, 0.1) is 0 Å². The largest absolute Gasteiger partial charge is 0.456 e. The molecule has 0 aromatic carbocycles. The predicted molar refractivity (Wildman–Crippen MR) is 70.7 cm³/mol. The summed E-state index contributed by atoms with van der Waals surface area (Å²) in [6.45, 7) is 6.92. The summed E-state index contributed by atoms with van der Waals surface area (Å²) in [5, 5.41) is 6.26. The van der Waals surface area contributed by atoms with E-state index in [0.717, 1.165) is 43.8 Å². The molecule has 1 atom stereocenters. The minimum atomic E-state index is -0.0937. The summed E-state index contributed by atoms with van der Waals surface area (Å²) in [4.78, 5) is 11.9. The van der Waals surface area contributed by atoms with Gasteiger partial charge in [-0.2, -0.15) is 0 Å². The van der Waals surface area contributed by atoms with Crippen molar-refractivity contribution in [2.75, 3.05) is 19.6 Å². The first kappa shape index (κ1) is 13.1. The quantitative estimate of drug-likeness (QED) is 0.839. The van der Waals surface area contributed by atoms with Gasteiger partial charge in [0, 0.05) is 13.0 Å². The average Bonchev–Trinajstić information content (AvgIpc) is 2.98. The van der Waals surface area contributed by atoms with E-state index in [4.69, 9.17) is 4.42 Å². The Hall–Kier alpha value is -1.29. The summed E-state index contributed by atoms with van der Waals surface area (Å²) in [5.41, 5.74) is 1.06. The first-order chi connectivity index (χ1) is 8.70. The topological polar surface area (TPSA) is 54.3 Å². The van der Waals surface area contributed by atoms with Gasteiger partial charge in [-0.25, -0.2) is 0 Å². The second-order valence-electron chi connectivity index (χ2n) is 4.97. The number of furan rings is 1. The lowest BCUT2D eigenvalue weighted by molar-refractivity contribution is 0.0922. The van der Waals surface area contributed by atoms with Gasteiger partial charge in [-0.05, 0) is 50.4 Å². The van der Waals surface area contributed by atoms with E-state index in [2.05, 4.69) is 10.6 Å². The fraction of sp³-hybridized carbons (Fsp3) is 0.643. The summed E-state index contributed by atoms with van der Waals surface area (Å²) in [6.07, 6.45) is 3.08. The van der Waals surface area contributed by atoms with Crippen LogP contribution in [0.15, 0.2) is 10.5 Å². The van der Waals surface area contributed by atoms with Crippen molar-refractivity contribution in [3.63, 3.8) is 0 Å². The van der Waals surface area contributed by atoms with Crippen LogP contribution in [0.25, 0.3) is 0 Å². The summed E-state index contributed by atoms with van der Waals surface area (Å²) in [7, 11) is 0. The molecule has 1 aromatic rings. The molecule has 1 amide bonds. The molecule has 1 aliphatic rings. The molecule has 0 bridgehead atoms. The van der Waals surface area contributed by atoms with Crippen LogP contribution in [0.3, 0.4) is 0 Å². The van der Waals surface area contributed by atoms with Gasteiger partial charge in [0.15, 0.2) is 5.76 Å². The van der Waals surface area contributed by atoms with Crippen LogP contribution in [0, 0.1) is 12.8 Å². The van der Waals surface area contributed by atoms with E-state index in [0.29, 0.717) is 11.7 Å². The van der Waals surface area contributed by atoms with Crippen LogP contribution in [-0.4, -0.2) is 25.5 Å². The molecule has 4 heteroatoms. The Bertz CT molecular complexity index is 406. The minimum Gasteiger partial charge on any atom is -0.456 e. The molecule has 1 saturated heterocycles. The predicted octanol–water partition coefficient (Wildman–Crippen LogP) is 1.88. The highest BCUT2D eigenvalue weighted by molar-refractivity contribution is 5.91. The fourth-order valence-electron chi connectivity index (χ4n) is 2.42. The molecule has 1 unspecified atom stereocenters. The third-order valence-corrected chi connectivity index (χ3v) is 3.57. The maximum atomic E-state index is 11.9. The Labute approximate surface area is 108 Å². The lowest BCUT2D eigenvalue weighted by Crippen LogP contribution is -2.26. The second-order valence-corrected chi connectivity index (χ2v) is 4.97. The summed E-state index contributed by atoms with van der Waals surface area (Å²) in [6, 6.07) is 1.82. The Balaban J connectivity index is 1.79. The van der Waals surface area contributed by atoms with E-state index in [1.165, 1.54) is 6.42 Å². The van der Waals surface area contributed by atoms with Gasteiger partial charge in [0.1, 0.15) is 5.76 Å². The van der Waals surface area contributed by atoms with Gasteiger partial charge < -0.3 is 15.1 Å². The van der Waals surface area contributed by atoms with Crippen molar-refractivity contribution >= 4 is 5.91 Å². The number of hydrogen-bond donors (Lipinski definition) is 2. The Kier molecular flexibility index (Phi) is 4.42. The number of aryl methyl sites for hydroxylation is 2. The van der Waals surface area contributed by atoms with Crippen LogP contribution in [0.5, 0.6) is 0 Å². The zero-order valence-corrected chi connectivity index (χ0v) is 11.2. The molecule has 100 valence electrons. The number of hydrogen-bond acceptors (Lipinski definition) is 3. The fourth-order valence-corrected chi connectivity index (χ4v) is 2.42. The van der Waals surface area contributed by atoms with Gasteiger partial charge in [-0.3, -0.25) is 4.79 Å². The van der Waals surface area contributed by atoms with Crippen molar-refractivity contribution in [2.24, 2.45) is 5.92 Å². The summed E-state index contributed by atoms with van der Waals surface area (Å²) < 4.78 is 5.52. The third-order valence-electron chi connectivity index (χ3n) is 3.57. The summed E-state index contributed by atoms with van der Waals surface area (Å²) in [5.74, 6) is 1.95. The molecule has 0 aliphatic carbocycles. The standard InChI is InChI=1S/C14H22N2O2/c1-3-12-10(2)8-13(18-12)14(17)16-7-5-11-4-6-15-9-11/h8,11,15H,3-7,9H2,1-2H3,(H,16,17). The van der Waals surface area contributed by atoms with Gasteiger partial charge in [0.2, 0.25) is 0 Å². The molecule has 2 rings (SSSR count). The molecule has 2 N–H and O–H groups in total. The number of rotatable bonds is 5. The van der Waals surface area contributed by atoms with Gasteiger partial charge in [-0.1, -0.05) is 6.92 Å². The van der Waals surface area contributed by atoms with Crippen LogP contribution in [0.1, 0.15) is 41.6 Å². The van der Waals surface area contributed by atoms with Crippen LogP contribution in [0.2, 0.25) is 0 Å². The van der Waals surface area contributed by atoms with Crippen LogP contribution in [-0.2, 0) is 6.42 Å². The van der Waals surface area contributed by atoms with Crippen molar-refractivity contribution < 1.29 is 9.21 Å². The monoisotopic (exact) mass is 250 g/mol. The van der Waals surface area contributed by atoms with E-state index < -0.39 is 0 Å². The number of nitrogens with one attached hydrogen (secondary N) is 2. The lowest BCUT2D eigenvalue weighted by Gasteiger charge is -2.08. The zero-order chi connectivity index (χ0) is 13.0. The van der Waals surface area contributed by atoms with E-state index >= 15 is 0 Å². The number of carbonyl (C=O) groups excluding carboxylic acids is 1. The van der Waals surface area contributed by atoms with Crippen LogP contribution >= 0.6 is 0 Å². The Morgan fingerprint density at radius 2 is 2.44 bits per heavy atom. The molecule has 1 fully saturated rings. The normalized spacial score (nSPS) is 19.1. The molecule has 0 spiro atoms. The van der Waals surface area contributed by atoms with E-state index in [1.807, 2.05) is 19.9 Å². The number of carbonyl (C=O) groups is 1. The maximum Gasteiger partial charge on any atom is 0.287 e. The first-order valence-electron chi connectivity index (χ1n) is 6.79. The Morgan fingerprint density at radius 1 is 1.61 bits per heavy atom. The molecule has 0 saturated carbocycles. The first-order valence-corrected chi connectivity index (χ1v) is 6.79. The molecule has 18 heavy (non-hydrogen) atoms. The Morgan fingerprint density at radius 3 is 3.06 bits per heavy atom. The molecule has 0 radical (unpaired) electrons. The molecule has 2 heterocycles. The lowest BCUT2D eigenvalue weighted by atomic mass is 10.1. The second kappa shape index (κ2) is 6.05. The van der Waals surface area contributed by atoms with Crippen molar-refractivity contribution in [1.82, 2.24) is 10.6 Å². The molecular weight excluding hydrogens is 228 g/mol. The third kappa shape index (κ3) is 3.13. The highest BCUT2D eigenvalue weighted by atomic mass is 16.4. The van der Waals surface area contributed by atoms with Gasteiger partial charge >= 0.3 is 0 Å². The van der Waals surface area contributed by atoms with Crippen molar-refractivity contribution in [3.05, 3.63) is 23.2 Å². The van der Waals surface area contributed by atoms with Crippen molar-refractivity contribution in [1.29, 1.82) is 0 Å². The zero-order valence-electron chi connectivity index (χ0n) is 11.2. The van der Waals surface area contributed by atoms with E-state index in [9.17, 15) is 4.79 Å². The van der Waals surface area contributed by atoms with Gasteiger partial charge in [-0.15, -0.1) is 0 Å². The minimum absolute atomic E-state index is 0.0937. The SMILES string of the molecule is CCc1oc(C(=O)NCCC2CCNC2)cc1C. The summed E-state index contributed by atoms with van der Waals surface area (Å²) >= 11 is 0. The molecule has 4 nitrogen and oxygen atoms in total. The van der Waals surface area contributed by atoms with Gasteiger partial charge in [0.25, 0.3) is 5.91 Å². The highest BCUT2D eigenvalue weighted by Gasteiger charge is 2.16.